The van der Waals surface area contributed by atoms with Crippen LogP contribution in [0.3, 0.4) is 0 Å². The molecule has 2 aromatic carbocycles. The van der Waals surface area contributed by atoms with Gasteiger partial charge in [-0.2, -0.15) is 0 Å². The molecule has 0 radical (unpaired) electrons. The van der Waals surface area contributed by atoms with Crippen LogP contribution >= 0.6 is 0 Å². The lowest BCUT2D eigenvalue weighted by Gasteiger charge is -2.23. The normalized spacial score (nSPS) is 15.5. The molecule has 3 rings (SSSR count). The number of hydrogen-bond acceptors (Lipinski definition) is 4. The molecule has 0 aromatic heterocycles. The van der Waals surface area contributed by atoms with E-state index in [1.165, 1.54) is 35.6 Å². The maximum atomic E-state index is 13.4. The fraction of sp³-hybridized carbons (Fsp3) is 0.464. The molecule has 11 heteroatoms. The van der Waals surface area contributed by atoms with E-state index in [0.29, 0.717) is 17.8 Å². The van der Waals surface area contributed by atoms with E-state index < -0.39 is 18.2 Å². The van der Waals surface area contributed by atoms with Gasteiger partial charge in [0.05, 0.1) is 19.0 Å². The monoisotopic (exact) mass is 549 g/mol. The second kappa shape index (κ2) is 13.9. The van der Waals surface area contributed by atoms with Crippen molar-refractivity contribution in [1.29, 1.82) is 0 Å². The van der Waals surface area contributed by atoms with Crippen molar-refractivity contribution in [2.45, 2.75) is 64.3 Å². The van der Waals surface area contributed by atoms with Crippen LogP contribution in [-0.4, -0.2) is 53.9 Å². The van der Waals surface area contributed by atoms with Crippen molar-refractivity contribution < 1.29 is 37.4 Å². The molecule has 2 aromatic rings. The Morgan fingerprint density at radius 1 is 1.00 bits per heavy atom. The van der Waals surface area contributed by atoms with Gasteiger partial charge in [-0.05, 0) is 48.4 Å². The highest BCUT2D eigenvalue weighted by molar-refractivity contribution is 5.95. The van der Waals surface area contributed by atoms with Gasteiger partial charge in [-0.3, -0.25) is 14.5 Å². The molecule has 39 heavy (non-hydrogen) atoms. The number of amides is 3. The largest absolute Gasteiger partial charge is 0.573 e. The number of hydrogen-bond donors (Lipinski definition) is 2. The van der Waals surface area contributed by atoms with Crippen molar-refractivity contribution in [3.63, 3.8) is 0 Å². The van der Waals surface area contributed by atoms with Crippen LogP contribution in [0, 0.1) is 0 Å². The van der Waals surface area contributed by atoms with Crippen molar-refractivity contribution in [3.8, 4) is 5.75 Å². The van der Waals surface area contributed by atoms with Crippen LogP contribution in [0.25, 0.3) is 0 Å². The highest BCUT2D eigenvalue weighted by Crippen LogP contribution is 2.35. The molecule has 2 N–H and O–H groups in total. The van der Waals surface area contributed by atoms with Gasteiger partial charge in [0.25, 0.3) is 5.91 Å². The molecular weight excluding hydrogens is 515 g/mol. The SMILES string of the molecule is CCCCCCCCN1C(=O)N(c2ccc(OC(F)(F)F)cc2)CC1c1ccc(C(=O)NCCC(=O)O)cc1. The van der Waals surface area contributed by atoms with Crippen LogP contribution in [0.4, 0.5) is 23.7 Å². The Balaban J connectivity index is 1.74. The molecule has 1 aliphatic heterocycles. The number of nitrogens with one attached hydrogen (secondary N) is 1. The number of aliphatic carboxylic acids is 1. The average molecular weight is 550 g/mol. The highest BCUT2D eigenvalue weighted by atomic mass is 19.4. The average Bonchev–Trinajstić information content (AvgIpc) is 3.21. The molecule has 1 saturated heterocycles. The number of alkyl halides is 3. The predicted octanol–water partition coefficient (Wildman–Crippen LogP) is 6.13. The first-order chi connectivity index (χ1) is 18.6. The summed E-state index contributed by atoms with van der Waals surface area (Å²) < 4.78 is 41.6. The van der Waals surface area contributed by atoms with Gasteiger partial charge in [0.2, 0.25) is 0 Å². The van der Waals surface area contributed by atoms with Crippen LogP contribution in [0.5, 0.6) is 5.75 Å². The Morgan fingerprint density at radius 3 is 2.26 bits per heavy atom. The van der Waals surface area contributed by atoms with Crippen LogP contribution in [0.2, 0.25) is 0 Å². The van der Waals surface area contributed by atoms with Gasteiger partial charge in [-0.25, -0.2) is 4.79 Å². The summed E-state index contributed by atoms with van der Waals surface area (Å²) in [7, 11) is 0. The van der Waals surface area contributed by atoms with E-state index in [9.17, 15) is 27.6 Å². The Bertz CT molecular complexity index is 1110. The number of ether oxygens (including phenoxy) is 1. The van der Waals surface area contributed by atoms with Crippen molar-refractivity contribution in [2.24, 2.45) is 0 Å². The number of carboxylic acid groups (broad SMARTS) is 1. The van der Waals surface area contributed by atoms with Crippen LogP contribution in [0.15, 0.2) is 48.5 Å². The molecule has 212 valence electrons. The van der Waals surface area contributed by atoms with Crippen molar-refractivity contribution in [1.82, 2.24) is 10.2 Å². The van der Waals surface area contributed by atoms with Gasteiger partial charge in [0.1, 0.15) is 5.75 Å². The Labute approximate surface area is 225 Å². The standard InChI is InChI=1S/C28H34F3N3O5/c1-2-3-4-5-6-7-18-33-24(20-8-10-21(11-9-20)26(37)32-17-16-25(35)36)19-34(27(33)38)22-12-14-23(15-13-22)39-28(29,30)31/h8-15,24H,2-7,16-19H2,1H3,(H,32,37)(H,35,36). The Morgan fingerprint density at radius 2 is 1.64 bits per heavy atom. The number of carboxylic acids is 1. The summed E-state index contributed by atoms with van der Waals surface area (Å²) in [6, 6.07) is 11.4. The summed E-state index contributed by atoms with van der Waals surface area (Å²) in [5.74, 6) is -1.76. The third kappa shape index (κ3) is 8.90. The molecule has 0 bridgehead atoms. The van der Waals surface area contributed by atoms with E-state index in [4.69, 9.17) is 5.11 Å². The summed E-state index contributed by atoms with van der Waals surface area (Å²) >= 11 is 0. The number of unbranched alkanes of at least 4 members (excludes halogenated alkanes) is 5. The minimum Gasteiger partial charge on any atom is -0.481 e. The summed E-state index contributed by atoms with van der Waals surface area (Å²) in [4.78, 5) is 39.7. The molecule has 0 saturated carbocycles. The lowest BCUT2D eigenvalue weighted by atomic mass is 10.0. The second-order valence-corrected chi connectivity index (χ2v) is 9.43. The zero-order valence-corrected chi connectivity index (χ0v) is 21.9. The Hall–Kier alpha value is -3.76. The summed E-state index contributed by atoms with van der Waals surface area (Å²) in [6.07, 6.45) is 1.35. The maximum Gasteiger partial charge on any atom is 0.573 e. The number of nitrogens with zero attached hydrogens (tertiary/aromatic N) is 2. The fourth-order valence-corrected chi connectivity index (χ4v) is 4.52. The molecule has 0 spiro atoms. The lowest BCUT2D eigenvalue weighted by molar-refractivity contribution is -0.274. The molecule has 8 nitrogen and oxygen atoms in total. The van der Waals surface area contributed by atoms with E-state index in [-0.39, 0.29) is 37.3 Å². The van der Waals surface area contributed by atoms with Gasteiger partial charge in [0, 0.05) is 24.3 Å². The molecule has 3 amide bonds. The van der Waals surface area contributed by atoms with Gasteiger partial charge < -0.3 is 20.1 Å². The number of carbonyl (C=O) groups excluding carboxylic acids is 2. The first kappa shape index (κ1) is 29.8. The third-order valence-electron chi connectivity index (χ3n) is 6.52. The quantitative estimate of drug-likeness (QED) is 0.276. The number of anilines is 1. The van der Waals surface area contributed by atoms with Crippen molar-refractivity contribution in [2.75, 3.05) is 24.5 Å². The molecule has 1 aliphatic rings. The third-order valence-corrected chi connectivity index (χ3v) is 6.52. The maximum absolute atomic E-state index is 13.4. The highest BCUT2D eigenvalue weighted by Gasteiger charge is 2.38. The second-order valence-electron chi connectivity index (χ2n) is 9.43. The molecule has 1 unspecified atom stereocenters. The van der Waals surface area contributed by atoms with Crippen LogP contribution in [-0.2, 0) is 4.79 Å². The minimum absolute atomic E-state index is 0.0147. The zero-order valence-electron chi connectivity index (χ0n) is 21.9. The Kier molecular flexibility index (Phi) is 10.6. The van der Waals surface area contributed by atoms with E-state index >= 15 is 0 Å². The van der Waals surface area contributed by atoms with E-state index in [0.717, 1.165) is 37.7 Å². The number of carbonyl (C=O) groups is 3. The molecular formula is C28H34F3N3O5. The lowest BCUT2D eigenvalue weighted by Crippen LogP contribution is -2.33. The van der Waals surface area contributed by atoms with E-state index in [1.807, 2.05) is 0 Å². The van der Waals surface area contributed by atoms with Gasteiger partial charge in [-0.1, -0.05) is 51.2 Å². The summed E-state index contributed by atoms with van der Waals surface area (Å²) in [6.45, 7) is 2.98. The zero-order chi connectivity index (χ0) is 28.4. The van der Waals surface area contributed by atoms with Crippen molar-refractivity contribution >= 4 is 23.6 Å². The van der Waals surface area contributed by atoms with Gasteiger partial charge in [-0.15, -0.1) is 13.2 Å². The van der Waals surface area contributed by atoms with Gasteiger partial charge in [0.15, 0.2) is 0 Å². The first-order valence-electron chi connectivity index (χ1n) is 13.1. The molecule has 1 fully saturated rings. The number of benzene rings is 2. The molecule has 1 atom stereocenters. The smallest absolute Gasteiger partial charge is 0.481 e. The topological polar surface area (TPSA) is 99.2 Å². The molecule has 1 heterocycles. The number of urea groups is 1. The molecule has 0 aliphatic carbocycles. The van der Waals surface area contributed by atoms with E-state index in [2.05, 4.69) is 17.0 Å². The summed E-state index contributed by atoms with van der Waals surface area (Å²) in [5, 5.41) is 11.3. The predicted molar refractivity (Wildman–Crippen MR) is 140 cm³/mol. The van der Waals surface area contributed by atoms with Crippen molar-refractivity contribution in [3.05, 3.63) is 59.7 Å². The number of rotatable bonds is 14. The minimum atomic E-state index is -4.80. The first-order valence-corrected chi connectivity index (χ1v) is 13.1. The van der Waals surface area contributed by atoms with Crippen LogP contribution < -0.4 is 15.0 Å². The van der Waals surface area contributed by atoms with Crippen LogP contribution in [0.1, 0.15) is 73.8 Å². The number of halogens is 3. The summed E-state index contributed by atoms with van der Waals surface area (Å²) in [5.41, 5.74) is 1.64. The van der Waals surface area contributed by atoms with E-state index in [1.54, 1.807) is 29.2 Å². The van der Waals surface area contributed by atoms with Gasteiger partial charge >= 0.3 is 18.4 Å². The fourth-order valence-electron chi connectivity index (χ4n) is 4.52.